The van der Waals surface area contributed by atoms with Crippen molar-refractivity contribution in [1.82, 2.24) is 9.78 Å². The molecule has 1 N–H and O–H groups in total. The second kappa shape index (κ2) is 5.04. The highest BCUT2D eigenvalue weighted by Crippen LogP contribution is 2.21. The van der Waals surface area contributed by atoms with E-state index in [1.54, 1.807) is 7.05 Å². The Morgan fingerprint density at radius 3 is 2.70 bits per heavy atom. The monoisotopic (exact) mass is 298 g/mol. The molecular weight excluding hydrogens is 287 g/mol. The summed E-state index contributed by atoms with van der Waals surface area (Å²) in [7, 11) is -2.35. The van der Waals surface area contributed by atoms with Gasteiger partial charge in [-0.05, 0) is 18.2 Å². The number of aromatic nitrogens is 2. The molecule has 8 heteroatoms. The normalized spacial score (nSPS) is 11.5. The molecule has 0 aliphatic heterocycles. The average molecular weight is 298 g/mol. The number of aryl methyl sites for hydroxylation is 1. The van der Waals surface area contributed by atoms with Crippen molar-refractivity contribution in [2.45, 2.75) is 10.6 Å². The lowest BCUT2D eigenvalue weighted by Crippen LogP contribution is -2.09. The average Bonchev–Trinajstić information content (AvgIpc) is 2.73. The Morgan fingerprint density at radius 1 is 1.45 bits per heavy atom. The van der Waals surface area contributed by atoms with Gasteiger partial charge in [0.2, 0.25) is 0 Å². The molecule has 0 spiro atoms. The highest BCUT2D eigenvalue weighted by molar-refractivity contribution is 7.90. The highest BCUT2D eigenvalue weighted by Gasteiger charge is 2.22. The van der Waals surface area contributed by atoms with Crippen molar-refractivity contribution in [2.75, 3.05) is 0 Å². The Hall–Kier alpha value is -2.22. The summed E-state index contributed by atoms with van der Waals surface area (Å²) in [6, 6.07) is 2.67. The summed E-state index contributed by atoms with van der Waals surface area (Å²) >= 11 is 0. The molecule has 2 rings (SSSR count). The molecule has 0 radical (unpaired) electrons. The van der Waals surface area contributed by atoms with Gasteiger partial charge in [0.1, 0.15) is 10.7 Å². The van der Waals surface area contributed by atoms with Crippen LogP contribution in [-0.2, 0) is 22.6 Å². The molecule has 1 aromatic heterocycles. The van der Waals surface area contributed by atoms with E-state index in [1.807, 2.05) is 0 Å². The van der Waals surface area contributed by atoms with Crippen LogP contribution in [0.5, 0.6) is 0 Å². The predicted molar refractivity (Wildman–Crippen MR) is 67.5 cm³/mol. The van der Waals surface area contributed by atoms with Crippen LogP contribution in [0, 0.1) is 5.82 Å². The van der Waals surface area contributed by atoms with Gasteiger partial charge in [0, 0.05) is 18.8 Å². The van der Waals surface area contributed by atoms with Gasteiger partial charge in [0.05, 0.1) is 17.5 Å². The number of aromatic carboxylic acids is 1. The molecule has 0 saturated carbocycles. The summed E-state index contributed by atoms with van der Waals surface area (Å²) in [5.74, 6) is -2.73. The van der Waals surface area contributed by atoms with Crippen molar-refractivity contribution in [3.8, 4) is 0 Å². The number of nitrogens with zero attached hydrogens (tertiary/aromatic N) is 2. The predicted octanol–water partition coefficient (Wildman–Crippen LogP) is 1.23. The quantitative estimate of drug-likeness (QED) is 0.917. The zero-order valence-electron chi connectivity index (χ0n) is 10.4. The van der Waals surface area contributed by atoms with Crippen molar-refractivity contribution in [3.63, 3.8) is 0 Å². The van der Waals surface area contributed by atoms with Crippen LogP contribution >= 0.6 is 0 Å². The number of benzene rings is 1. The van der Waals surface area contributed by atoms with Gasteiger partial charge >= 0.3 is 5.97 Å². The fourth-order valence-corrected chi connectivity index (χ4v) is 3.13. The van der Waals surface area contributed by atoms with Gasteiger partial charge in [-0.25, -0.2) is 17.6 Å². The van der Waals surface area contributed by atoms with Crippen molar-refractivity contribution >= 4 is 15.8 Å². The lowest BCUT2D eigenvalue weighted by atomic mass is 10.2. The van der Waals surface area contributed by atoms with Crippen molar-refractivity contribution in [2.24, 2.45) is 7.05 Å². The number of carbonyl (C=O) groups is 1. The molecule has 6 nitrogen and oxygen atoms in total. The van der Waals surface area contributed by atoms with Gasteiger partial charge in [-0.15, -0.1) is 0 Å². The first-order valence-electron chi connectivity index (χ1n) is 5.53. The lowest BCUT2D eigenvalue weighted by molar-refractivity contribution is 0.0696. The van der Waals surface area contributed by atoms with E-state index in [0.717, 1.165) is 18.2 Å². The van der Waals surface area contributed by atoms with Gasteiger partial charge in [0.15, 0.2) is 9.84 Å². The van der Waals surface area contributed by atoms with Crippen LogP contribution in [0.4, 0.5) is 4.39 Å². The first-order chi connectivity index (χ1) is 9.29. The fraction of sp³-hybridized carbons (Fsp3) is 0.167. The molecule has 1 aromatic carbocycles. The largest absolute Gasteiger partial charge is 0.478 e. The molecular formula is C12H11FN2O4S. The van der Waals surface area contributed by atoms with Gasteiger partial charge in [-0.2, -0.15) is 5.10 Å². The highest BCUT2D eigenvalue weighted by atomic mass is 32.2. The van der Waals surface area contributed by atoms with Gasteiger partial charge in [-0.3, -0.25) is 4.68 Å². The molecule has 0 aliphatic rings. The Labute approximate surface area is 114 Å². The summed E-state index contributed by atoms with van der Waals surface area (Å²) in [4.78, 5) is 10.2. The molecule has 0 aliphatic carbocycles. The van der Waals surface area contributed by atoms with Crippen LogP contribution in [0.3, 0.4) is 0 Å². The summed E-state index contributed by atoms with van der Waals surface area (Å²) < 4.78 is 39.3. The summed E-state index contributed by atoms with van der Waals surface area (Å²) in [6.07, 6.45) is 2.85. The second-order valence-electron chi connectivity index (χ2n) is 4.23. The minimum atomic E-state index is -3.98. The van der Waals surface area contributed by atoms with Gasteiger partial charge in [0.25, 0.3) is 0 Å². The van der Waals surface area contributed by atoms with E-state index in [4.69, 9.17) is 5.11 Å². The van der Waals surface area contributed by atoms with Crippen LogP contribution in [0.15, 0.2) is 35.5 Å². The number of sulfone groups is 1. The summed E-state index contributed by atoms with van der Waals surface area (Å²) in [5.41, 5.74) is 0.115. The van der Waals surface area contributed by atoms with E-state index >= 15 is 0 Å². The second-order valence-corrected chi connectivity index (χ2v) is 6.19. The minimum Gasteiger partial charge on any atom is -0.478 e. The molecule has 2 aromatic rings. The lowest BCUT2D eigenvalue weighted by Gasteiger charge is -2.05. The SMILES string of the molecule is Cn1cc(CS(=O)(=O)c2cc(C(=O)O)ccc2F)cn1. The molecule has 106 valence electrons. The topological polar surface area (TPSA) is 89.3 Å². The first kappa shape index (κ1) is 14.2. The zero-order valence-corrected chi connectivity index (χ0v) is 11.3. The maximum Gasteiger partial charge on any atom is 0.335 e. The standard InChI is InChI=1S/C12H11FN2O4S/c1-15-6-8(5-14-15)7-20(18,19)11-4-9(12(16)17)2-3-10(11)13/h2-6H,7H2,1H3,(H,16,17). The number of hydrogen-bond acceptors (Lipinski definition) is 4. The van der Waals surface area contributed by atoms with Crippen molar-refractivity contribution in [3.05, 3.63) is 47.5 Å². The molecule has 0 saturated heterocycles. The number of rotatable bonds is 4. The van der Waals surface area contributed by atoms with E-state index in [0.29, 0.717) is 5.56 Å². The van der Waals surface area contributed by atoms with E-state index in [2.05, 4.69) is 5.10 Å². The Balaban J connectivity index is 2.43. The third-order valence-corrected chi connectivity index (χ3v) is 4.32. The van der Waals surface area contributed by atoms with E-state index in [1.165, 1.54) is 17.1 Å². The molecule has 0 unspecified atom stereocenters. The Kier molecular flexibility index (Phi) is 3.58. The zero-order chi connectivity index (χ0) is 14.9. The minimum absolute atomic E-state index is 0.281. The Bertz CT molecular complexity index is 768. The van der Waals surface area contributed by atoms with Crippen LogP contribution in [0.25, 0.3) is 0 Å². The van der Waals surface area contributed by atoms with Crippen molar-refractivity contribution < 1.29 is 22.7 Å². The van der Waals surface area contributed by atoms with Gasteiger partial charge in [-0.1, -0.05) is 0 Å². The maximum absolute atomic E-state index is 13.6. The first-order valence-corrected chi connectivity index (χ1v) is 7.18. The third kappa shape index (κ3) is 2.85. The van der Waals surface area contributed by atoms with Crippen LogP contribution in [0.1, 0.15) is 15.9 Å². The van der Waals surface area contributed by atoms with Crippen molar-refractivity contribution in [1.29, 1.82) is 0 Å². The molecule has 0 fully saturated rings. The fourth-order valence-electron chi connectivity index (χ4n) is 1.72. The maximum atomic E-state index is 13.6. The number of hydrogen-bond donors (Lipinski definition) is 1. The molecule has 1 heterocycles. The van der Waals surface area contributed by atoms with Crippen LogP contribution in [-0.4, -0.2) is 29.3 Å². The van der Waals surface area contributed by atoms with E-state index < -0.39 is 32.3 Å². The van der Waals surface area contributed by atoms with E-state index in [9.17, 15) is 17.6 Å². The number of carboxylic acid groups (broad SMARTS) is 1. The molecule has 0 atom stereocenters. The van der Waals surface area contributed by atoms with Crippen LogP contribution < -0.4 is 0 Å². The molecule has 0 amide bonds. The van der Waals surface area contributed by atoms with E-state index in [-0.39, 0.29) is 5.56 Å². The van der Waals surface area contributed by atoms with Gasteiger partial charge < -0.3 is 5.11 Å². The van der Waals surface area contributed by atoms with Crippen LogP contribution in [0.2, 0.25) is 0 Å². The number of halogens is 1. The summed E-state index contributed by atoms with van der Waals surface area (Å²) in [6.45, 7) is 0. The molecule has 20 heavy (non-hydrogen) atoms. The smallest absolute Gasteiger partial charge is 0.335 e. The molecule has 0 bridgehead atoms. The number of carboxylic acids is 1. The Morgan fingerprint density at radius 2 is 2.15 bits per heavy atom. The summed E-state index contributed by atoms with van der Waals surface area (Å²) in [5, 5.41) is 12.7. The third-order valence-electron chi connectivity index (χ3n) is 2.63.